The van der Waals surface area contributed by atoms with Crippen LogP contribution >= 0.6 is 0 Å². The molecule has 0 rings (SSSR count). The van der Waals surface area contributed by atoms with Crippen molar-refractivity contribution in [1.82, 2.24) is 5.32 Å². The van der Waals surface area contributed by atoms with Gasteiger partial charge in [0.05, 0.1) is 18.8 Å². The molecule has 1 amide bonds. The number of aliphatic hydroxyl groups excluding tert-OH is 3. The van der Waals surface area contributed by atoms with Gasteiger partial charge < -0.3 is 20.6 Å². The van der Waals surface area contributed by atoms with Crippen LogP contribution in [0.1, 0.15) is 213 Å². The maximum atomic E-state index is 12.4. The molecule has 4 N–H and O–H groups in total. The van der Waals surface area contributed by atoms with Gasteiger partial charge in [0.1, 0.15) is 6.10 Å². The van der Waals surface area contributed by atoms with Gasteiger partial charge in [0.2, 0.25) is 5.91 Å². The Bertz CT molecular complexity index is 764. The second-order valence-electron chi connectivity index (χ2n) is 14.6. The van der Waals surface area contributed by atoms with Crippen molar-refractivity contribution in [2.24, 2.45) is 0 Å². The van der Waals surface area contributed by atoms with E-state index >= 15 is 0 Å². The predicted octanol–water partition coefficient (Wildman–Crippen LogP) is 12.0. The second kappa shape index (κ2) is 39.4. The molecule has 0 fully saturated rings. The third kappa shape index (κ3) is 34.8. The zero-order valence-corrected chi connectivity index (χ0v) is 32.6. The third-order valence-corrected chi connectivity index (χ3v) is 9.73. The van der Waals surface area contributed by atoms with Crippen molar-refractivity contribution < 1.29 is 20.1 Å². The SMILES string of the molecule is CCCCC/C=C\C/C=C\CCCCCCCCC(O)C(=O)NC(CO)C(O)/C=C/CCCCCCCCCCCCCCCCCCC. The quantitative estimate of drug-likeness (QED) is 0.0384. The molecule has 0 aromatic rings. The number of hydrogen-bond donors (Lipinski definition) is 4. The molecule has 49 heavy (non-hydrogen) atoms. The number of amides is 1. The smallest absolute Gasteiger partial charge is 0.249 e. The summed E-state index contributed by atoms with van der Waals surface area (Å²) in [6.07, 6.45) is 48.8. The van der Waals surface area contributed by atoms with Crippen LogP contribution in [0.15, 0.2) is 36.5 Å². The molecule has 288 valence electrons. The predicted molar refractivity (Wildman–Crippen MR) is 213 cm³/mol. The third-order valence-electron chi connectivity index (χ3n) is 9.73. The number of carbonyl (C=O) groups is 1. The van der Waals surface area contributed by atoms with Crippen LogP contribution in [-0.2, 0) is 4.79 Å². The molecule has 0 aliphatic heterocycles. The van der Waals surface area contributed by atoms with Crippen molar-refractivity contribution in [2.75, 3.05) is 6.61 Å². The van der Waals surface area contributed by atoms with E-state index in [-0.39, 0.29) is 6.61 Å². The Hall–Kier alpha value is -1.43. The summed E-state index contributed by atoms with van der Waals surface area (Å²) in [5, 5.41) is 33.1. The van der Waals surface area contributed by atoms with E-state index in [0.717, 1.165) is 44.9 Å². The molecule has 3 atom stereocenters. The largest absolute Gasteiger partial charge is 0.394 e. The van der Waals surface area contributed by atoms with Crippen molar-refractivity contribution in [3.8, 4) is 0 Å². The summed E-state index contributed by atoms with van der Waals surface area (Å²) < 4.78 is 0. The van der Waals surface area contributed by atoms with Crippen LogP contribution in [0.5, 0.6) is 0 Å². The van der Waals surface area contributed by atoms with Crippen molar-refractivity contribution in [3.63, 3.8) is 0 Å². The number of allylic oxidation sites excluding steroid dienone is 5. The lowest BCUT2D eigenvalue weighted by Crippen LogP contribution is -2.48. The molecule has 3 unspecified atom stereocenters. The van der Waals surface area contributed by atoms with Gasteiger partial charge in [0, 0.05) is 0 Å². The van der Waals surface area contributed by atoms with E-state index in [4.69, 9.17) is 0 Å². The maximum absolute atomic E-state index is 12.4. The molecule has 0 radical (unpaired) electrons. The van der Waals surface area contributed by atoms with Crippen molar-refractivity contribution in [3.05, 3.63) is 36.5 Å². The minimum absolute atomic E-state index is 0.367. The molecule has 0 spiro atoms. The lowest BCUT2D eigenvalue weighted by Gasteiger charge is -2.21. The van der Waals surface area contributed by atoms with Gasteiger partial charge in [-0.05, 0) is 51.4 Å². The summed E-state index contributed by atoms with van der Waals surface area (Å²) in [6, 6.07) is -0.801. The topological polar surface area (TPSA) is 89.8 Å². The molecule has 0 aliphatic carbocycles. The average molecular weight is 690 g/mol. The van der Waals surface area contributed by atoms with Crippen LogP contribution in [-0.4, -0.2) is 46.1 Å². The van der Waals surface area contributed by atoms with E-state index in [1.165, 1.54) is 148 Å². The molecule has 0 aromatic carbocycles. The fourth-order valence-corrected chi connectivity index (χ4v) is 6.33. The first-order valence-corrected chi connectivity index (χ1v) is 21.3. The van der Waals surface area contributed by atoms with Crippen LogP contribution in [0, 0.1) is 0 Å². The van der Waals surface area contributed by atoms with E-state index in [1.807, 2.05) is 6.08 Å². The summed E-state index contributed by atoms with van der Waals surface area (Å²) in [6.45, 7) is 4.15. The Morgan fingerprint density at radius 3 is 1.33 bits per heavy atom. The number of aliphatic hydroxyl groups is 3. The fourth-order valence-electron chi connectivity index (χ4n) is 6.33. The van der Waals surface area contributed by atoms with E-state index in [0.29, 0.717) is 6.42 Å². The first-order valence-electron chi connectivity index (χ1n) is 21.3. The monoisotopic (exact) mass is 690 g/mol. The normalized spacial score (nSPS) is 14.0. The van der Waals surface area contributed by atoms with Gasteiger partial charge >= 0.3 is 0 Å². The first kappa shape index (κ1) is 47.6. The summed E-state index contributed by atoms with van der Waals surface area (Å²) in [7, 11) is 0. The molecule has 5 nitrogen and oxygen atoms in total. The molecule has 0 aromatic heterocycles. The Morgan fingerprint density at radius 1 is 0.510 bits per heavy atom. The summed E-state index contributed by atoms with van der Waals surface area (Å²) in [4.78, 5) is 12.4. The molecule has 0 bridgehead atoms. The highest BCUT2D eigenvalue weighted by Gasteiger charge is 2.22. The van der Waals surface area contributed by atoms with Crippen molar-refractivity contribution in [2.45, 2.75) is 231 Å². The Kier molecular flexibility index (Phi) is 38.2. The average Bonchev–Trinajstić information content (AvgIpc) is 3.11. The van der Waals surface area contributed by atoms with Gasteiger partial charge in [-0.25, -0.2) is 0 Å². The van der Waals surface area contributed by atoms with E-state index in [1.54, 1.807) is 6.08 Å². The highest BCUT2D eigenvalue weighted by atomic mass is 16.3. The molecule has 0 saturated carbocycles. The maximum Gasteiger partial charge on any atom is 0.249 e. The lowest BCUT2D eigenvalue weighted by molar-refractivity contribution is -0.131. The molecule has 0 heterocycles. The lowest BCUT2D eigenvalue weighted by atomic mass is 10.0. The van der Waals surface area contributed by atoms with Crippen LogP contribution in [0.4, 0.5) is 0 Å². The molecule has 5 heteroatoms. The van der Waals surface area contributed by atoms with Crippen LogP contribution in [0.3, 0.4) is 0 Å². The Morgan fingerprint density at radius 2 is 0.878 bits per heavy atom. The minimum atomic E-state index is -1.11. The summed E-state index contributed by atoms with van der Waals surface area (Å²) >= 11 is 0. The minimum Gasteiger partial charge on any atom is -0.394 e. The van der Waals surface area contributed by atoms with Gasteiger partial charge in [0.25, 0.3) is 0 Å². The van der Waals surface area contributed by atoms with E-state index in [2.05, 4.69) is 43.5 Å². The van der Waals surface area contributed by atoms with Crippen LogP contribution in [0.2, 0.25) is 0 Å². The first-order chi connectivity index (χ1) is 24.1. The van der Waals surface area contributed by atoms with Gasteiger partial charge in [0.15, 0.2) is 0 Å². The zero-order valence-electron chi connectivity index (χ0n) is 32.6. The number of hydrogen-bond acceptors (Lipinski definition) is 4. The van der Waals surface area contributed by atoms with Gasteiger partial charge in [-0.2, -0.15) is 0 Å². The number of nitrogens with one attached hydrogen (secondary N) is 1. The highest BCUT2D eigenvalue weighted by molar-refractivity contribution is 5.80. The second-order valence-corrected chi connectivity index (χ2v) is 14.6. The van der Waals surface area contributed by atoms with Crippen LogP contribution in [0.25, 0.3) is 0 Å². The van der Waals surface area contributed by atoms with Gasteiger partial charge in [-0.3, -0.25) is 4.79 Å². The highest BCUT2D eigenvalue weighted by Crippen LogP contribution is 2.15. The van der Waals surface area contributed by atoms with E-state index in [9.17, 15) is 20.1 Å². The molecular formula is C44H83NO4. The van der Waals surface area contributed by atoms with Gasteiger partial charge in [-0.1, -0.05) is 198 Å². The Balaban J connectivity index is 3.71. The number of rotatable bonds is 38. The van der Waals surface area contributed by atoms with E-state index < -0.39 is 24.2 Å². The van der Waals surface area contributed by atoms with Crippen molar-refractivity contribution in [1.29, 1.82) is 0 Å². The molecule has 0 aliphatic rings. The Labute approximate surface area is 304 Å². The van der Waals surface area contributed by atoms with Crippen molar-refractivity contribution >= 4 is 5.91 Å². The molecule has 0 saturated heterocycles. The summed E-state index contributed by atoms with van der Waals surface area (Å²) in [5.74, 6) is -0.512. The van der Waals surface area contributed by atoms with Crippen LogP contribution < -0.4 is 5.32 Å². The van der Waals surface area contributed by atoms with Gasteiger partial charge in [-0.15, -0.1) is 0 Å². The number of unbranched alkanes of at least 4 members (excludes halogenated alkanes) is 26. The fraction of sp³-hybridized carbons (Fsp3) is 0.841. The standard InChI is InChI=1S/C44H83NO4/c1-3-5-7-9-11-13-15-17-19-21-22-23-25-26-28-30-32-34-36-38-42(47)41(40-46)45-44(49)43(48)39-37-35-33-31-29-27-24-20-18-16-14-12-10-8-6-4-2/h12,14,18,20,36,38,41-43,46-48H,3-11,13,15-17,19,21-35,37,39-40H2,1-2H3,(H,45,49)/b14-12-,20-18-,38-36+. The number of carbonyl (C=O) groups excluding carboxylic acids is 1. The zero-order chi connectivity index (χ0) is 35.9. The summed E-state index contributed by atoms with van der Waals surface area (Å²) in [5.41, 5.74) is 0. The molecular weight excluding hydrogens is 606 g/mol.